The Kier molecular flexibility index (Phi) is 6.55. The smallest absolute Gasteiger partial charge is 0.231 e. The molecule has 1 aromatic heterocycles. The molecule has 1 aliphatic carbocycles. The number of nitrogens with zero attached hydrogens (tertiary/aromatic N) is 1. The van der Waals surface area contributed by atoms with Crippen LogP contribution < -0.4 is 5.73 Å². The van der Waals surface area contributed by atoms with E-state index < -0.39 is 21.7 Å². The van der Waals surface area contributed by atoms with Crippen molar-refractivity contribution in [2.24, 2.45) is 11.7 Å². The fourth-order valence-electron chi connectivity index (χ4n) is 4.11. The molecule has 1 saturated carbocycles. The van der Waals surface area contributed by atoms with Crippen molar-refractivity contribution >= 4 is 32.9 Å². The van der Waals surface area contributed by atoms with E-state index in [4.69, 9.17) is 10.7 Å². The van der Waals surface area contributed by atoms with Gasteiger partial charge < -0.3 is 5.73 Å². The second kappa shape index (κ2) is 9.79. The van der Waals surface area contributed by atoms with Crippen LogP contribution in [0.1, 0.15) is 44.6 Å². The lowest BCUT2D eigenvalue weighted by atomic mass is 9.99. The molecule has 1 fully saturated rings. The van der Waals surface area contributed by atoms with Crippen LogP contribution in [0, 0.1) is 5.92 Å². The molecule has 5 rings (SSSR count). The van der Waals surface area contributed by atoms with Gasteiger partial charge in [0.1, 0.15) is 15.8 Å². The van der Waals surface area contributed by atoms with E-state index in [1.807, 2.05) is 36.4 Å². The molecular formula is C28H24N2O4S2. The van der Waals surface area contributed by atoms with E-state index in [0.717, 1.165) is 29.7 Å². The third-order valence-electron chi connectivity index (χ3n) is 6.19. The van der Waals surface area contributed by atoms with Gasteiger partial charge in [-0.3, -0.25) is 9.59 Å². The second-order valence-electron chi connectivity index (χ2n) is 8.92. The highest BCUT2D eigenvalue weighted by Gasteiger charge is 2.31. The third kappa shape index (κ3) is 5.01. The molecule has 182 valence electrons. The highest BCUT2D eigenvalue weighted by atomic mass is 32.2. The predicted octanol–water partition coefficient (Wildman–Crippen LogP) is 4.84. The minimum absolute atomic E-state index is 0.142. The highest BCUT2D eigenvalue weighted by molar-refractivity contribution is 7.91. The van der Waals surface area contributed by atoms with E-state index in [0.29, 0.717) is 26.7 Å². The van der Waals surface area contributed by atoms with Crippen LogP contribution in [0.15, 0.2) is 89.8 Å². The minimum Gasteiger partial charge on any atom is -0.369 e. The van der Waals surface area contributed by atoms with E-state index in [1.165, 1.54) is 12.1 Å². The lowest BCUT2D eigenvalue weighted by Gasteiger charge is -2.12. The summed E-state index contributed by atoms with van der Waals surface area (Å²) in [7, 11) is -3.38. The van der Waals surface area contributed by atoms with Gasteiger partial charge in [0.25, 0.3) is 0 Å². The quantitative estimate of drug-likeness (QED) is 0.320. The average molecular weight is 517 g/mol. The first-order chi connectivity index (χ1) is 17.3. The van der Waals surface area contributed by atoms with Gasteiger partial charge in [-0.25, -0.2) is 13.4 Å². The third-order valence-corrected chi connectivity index (χ3v) is 9.21. The van der Waals surface area contributed by atoms with Gasteiger partial charge in [-0.05, 0) is 36.5 Å². The van der Waals surface area contributed by atoms with E-state index in [2.05, 4.69) is 0 Å². The van der Waals surface area contributed by atoms with Crippen molar-refractivity contribution in [2.45, 2.75) is 23.7 Å². The number of nitrogens with two attached hydrogens (primary N) is 1. The van der Waals surface area contributed by atoms with E-state index in [-0.39, 0.29) is 22.3 Å². The molecule has 0 bridgehead atoms. The molecular weight excluding hydrogens is 492 g/mol. The maximum atomic E-state index is 13.4. The van der Waals surface area contributed by atoms with E-state index in [9.17, 15) is 18.0 Å². The van der Waals surface area contributed by atoms with Crippen molar-refractivity contribution in [2.75, 3.05) is 5.75 Å². The fourth-order valence-corrected chi connectivity index (χ4v) is 7.00. The summed E-state index contributed by atoms with van der Waals surface area (Å²) in [5.41, 5.74) is 8.09. The van der Waals surface area contributed by atoms with Crippen LogP contribution in [-0.4, -0.2) is 30.8 Å². The molecule has 6 nitrogen and oxygen atoms in total. The van der Waals surface area contributed by atoms with Gasteiger partial charge in [-0.2, -0.15) is 0 Å². The van der Waals surface area contributed by atoms with Crippen LogP contribution >= 0.6 is 11.3 Å². The Morgan fingerprint density at radius 2 is 1.53 bits per heavy atom. The zero-order valence-corrected chi connectivity index (χ0v) is 21.0. The molecule has 3 aromatic carbocycles. The Balaban J connectivity index is 1.55. The normalized spacial score (nSPS) is 14.3. The largest absolute Gasteiger partial charge is 0.369 e. The maximum Gasteiger partial charge on any atom is 0.231 e. The monoisotopic (exact) mass is 516 g/mol. The van der Waals surface area contributed by atoms with Crippen LogP contribution in [0.3, 0.4) is 0 Å². The van der Waals surface area contributed by atoms with Crippen molar-refractivity contribution in [3.63, 3.8) is 0 Å². The lowest BCUT2D eigenvalue weighted by molar-refractivity contribution is -0.118. The molecule has 1 atom stereocenters. The Bertz CT molecular complexity index is 1510. The summed E-state index contributed by atoms with van der Waals surface area (Å²) in [5, 5.41) is 0.384. The van der Waals surface area contributed by atoms with Crippen LogP contribution in [0.4, 0.5) is 0 Å². The topological polar surface area (TPSA) is 107 Å². The molecule has 1 aliphatic rings. The van der Waals surface area contributed by atoms with Crippen molar-refractivity contribution in [3.8, 4) is 11.3 Å². The van der Waals surface area contributed by atoms with Gasteiger partial charge in [0.2, 0.25) is 11.7 Å². The SMILES string of the molecule is NC(=O)C(c1ccc(S(=O)(=O)CC2CC2)cc1)c1nc(-c2ccccc2)c(C(=O)c2ccccc2)s1. The Labute approximate surface area is 213 Å². The second-order valence-corrected chi connectivity index (χ2v) is 12.0. The van der Waals surface area contributed by atoms with Gasteiger partial charge in [0, 0.05) is 11.1 Å². The Hall–Kier alpha value is -3.62. The summed E-state index contributed by atoms with van der Waals surface area (Å²) < 4.78 is 25.3. The van der Waals surface area contributed by atoms with Gasteiger partial charge in [0.05, 0.1) is 16.3 Å². The van der Waals surface area contributed by atoms with Gasteiger partial charge in [-0.1, -0.05) is 72.8 Å². The number of aromatic nitrogens is 1. The average Bonchev–Trinajstić information content (AvgIpc) is 3.59. The minimum atomic E-state index is -3.38. The van der Waals surface area contributed by atoms with Crippen LogP contribution in [-0.2, 0) is 14.6 Å². The van der Waals surface area contributed by atoms with Crippen LogP contribution in [0.25, 0.3) is 11.3 Å². The lowest BCUT2D eigenvalue weighted by Crippen LogP contribution is -2.22. The standard InChI is InChI=1S/C28H24N2O4S2/c29-27(32)23(19-13-15-22(16-14-19)36(33,34)17-18-11-12-18)28-30-24(20-7-3-1-4-8-20)26(35-28)25(31)21-9-5-2-6-10-21/h1-10,13-16,18,23H,11-12,17H2,(H2,29,32). The Morgan fingerprint density at radius 1 is 0.917 bits per heavy atom. The predicted molar refractivity (Wildman–Crippen MR) is 140 cm³/mol. The fraction of sp³-hybridized carbons (Fsp3) is 0.179. The molecule has 2 N–H and O–H groups in total. The molecule has 0 radical (unpaired) electrons. The van der Waals surface area contributed by atoms with Crippen LogP contribution in [0.2, 0.25) is 0 Å². The number of carbonyl (C=O) groups excluding carboxylic acids is 2. The molecule has 36 heavy (non-hydrogen) atoms. The van der Waals surface area contributed by atoms with E-state index >= 15 is 0 Å². The van der Waals surface area contributed by atoms with E-state index in [1.54, 1.807) is 36.4 Å². The van der Waals surface area contributed by atoms with Crippen molar-refractivity contribution in [1.82, 2.24) is 4.98 Å². The first kappa shape index (κ1) is 24.1. The molecule has 1 amide bonds. The number of sulfone groups is 1. The number of hydrogen-bond donors (Lipinski definition) is 1. The number of hydrogen-bond acceptors (Lipinski definition) is 6. The molecule has 1 unspecified atom stereocenters. The summed E-state index contributed by atoms with van der Waals surface area (Å²) in [4.78, 5) is 31.4. The van der Waals surface area contributed by atoms with Gasteiger partial charge >= 0.3 is 0 Å². The zero-order valence-electron chi connectivity index (χ0n) is 19.3. The van der Waals surface area contributed by atoms with Crippen molar-refractivity contribution in [3.05, 3.63) is 106 Å². The van der Waals surface area contributed by atoms with Crippen molar-refractivity contribution in [1.29, 1.82) is 0 Å². The van der Waals surface area contributed by atoms with Gasteiger partial charge in [0.15, 0.2) is 9.84 Å². The summed E-state index contributed by atoms with van der Waals surface area (Å²) in [5.74, 6) is -1.36. The number of ketones is 1. The number of rotatable bonds is 9. The summed E-state index contributed by atoms with van der Waals surface area (Å²) in [6.45, 7) is 0. The maximum absolute atomic E-state index is 13.4. The van der Waals surface area contributed by atoms with Gasteiger partial charge in [-0.15, -0.1) is 11.3 Å². The number of thiazole rings is 1. The molecule has 1 heterocycles. The first-order valence-electron chi connectivity index (χ1n) is 11.6. The number of carbonyl (C=O) groups is 2. The molecule has 4 aromatic rings. The number of primary amides is 1. The molecule has 0 spiro atoms. The Morgan fingerprint density at radius 3 is 2.11 bits per heavy atom. The molecule has 0 aliphatic heterocycles. The molecule has 8 heteroatoms. The number of amides is 1. The molecule has 0 saturated heterocycles. The summed E-state index contributed by atoms with van der Waals surface area (Å²) in [6, 6.07) is 24.5. The number of benzene rings is 3. The summed E-state index contributed by atoms with van der Waals surface area (Å²) >= 11 is 1.14. The first-order valence-corrected chi connectivity index (χ1v) is 14.1. The zero-order chi connectivity index (χ0) is 25.3. The van der Waals surface area contributed by atoms with Crippen molar-refractivity contribution < 1.29 is 18.0 Å². The van der Waals surface area contributed by atoms with Crippen LogP contribution in [0.5, 0.6) is 0 Å². The highest BCUT2D eigenvalue weighted by Crippen LogP contribution is 2.37. The summed E-state index contributed by atoms with van der Waals surface area (Å²) in [6.07, 6.45) is 1.89.